The monoisotopic (exact) mass is 320 g/mol. The molecule has 4 heteroatoms. The summed E-state index contributed by atoms with van der Waals surface area (Å²) >= 11 is 0. The van der Waals surface area contributed by atoms with Crippen LogP contribution in [-0.4, -0.2) is 30.6 Å². The second kappa shape index (κ2) is 7.03. The predicted octanol–water partition coefficient (Wildman–Crippen LogP) is 3.82. The Bertz CT molecular complexity index is 567. The molecule has 120 valence electrons. The predicted molar refractivity (Wildman–Crippen MR) is 92.5 cm³/mol. The van der Waals surface area contributed by atoms with Gasteiger partial charge in [-0.3, -0.25) is 4.90 Å². The average molecular weight is 321 g/mol. The molecule has 0 spiro atoms. The Balaban J connectivity index is 0.00000144. The first-order valence-electron chi connectivity index (χ1n) is 8.30. The molecule has 0 bridgehead atoms. The maximum absolute atomic E-state index is 5.93. The van der Waals surface area contributed by atoms with Crippen molar-refractivity contribution in [2.45, 2.75) is 38.3 Å². The van der Waals surface area contributed by atoms with E-state index in [-0.39, 0.29) is 12.4 Å². The number of benzene rings is 1. The lowest BCUT2D eigenvalue weighted by molar-refractivity contribution is 0.179. The Morgan fingerprint density at radius 2 is 1.86 bits per heavy atom. The third kappa shape index (κ3) is 3.83. The highest BCUT2D eigenvalue weighted by Gasteiger charge is 2.24. The highest BCUT2D eigenvalue weighted by molar-refractivity contribution is 5.85. The maximum Gasteiger partial charge on any atom is 0.134 e. The molecule has 0 amide bonds. The van der Waals surface area contributed by atoms with E-state index in [1.165, 1.54) is 50.7 Å². The van der Waals surface area contributed by atoms with Gasteiger partial charge in [-0.1, -0.05) is 18.2 Å². The third-order valence-electron chi connectivity index (χ3n) is 4.84. The van der Waals surface area contributed by atoms with Crippen LogP contribution in [0.5, 0.6) is 0 Å². The average Bonchev–Trinajstić information content (AvgIpc) is 3.25. The Hall–Kier alpha value is -1.03. The number of halogens is 1. The molecule has 1 N–H and O–H groups in total. The minimum absolute atomic E-state index is 0. The second-order valence-electron chi connectivity index (χ2n) is 6.65. The van der Waals surface area contributed by atoms with E-state index in [9.17, 15) is 0 Å². The van der Waals surface area contributed by atoms with E-state index < -0.39 is 0 Å². The molecule has 0 atom stereocenters. The highest BCUT2D eigenvalue weighted by Crippen LogP contribution is 2.28. The van der Waals surface area contributed by atoms with E-state index in [0.29, 0.717) is 0 Å². The summed E-state index contributed by atoms with van der Waals surface area (Å²) in [5.74, 6) is 2.08. The van der Waals surface area contributed by atoms with Crippen LogP contribution in [0.2, 0.25) is 0 Å². The fourth-order valence-electron chi connectivity index (χ4n) is 3.29. The van der Waals surface area contributed by atoms with Gasteiger partial charge in [-0.05, 0) is 50.3 Å². The molecule has 1 aromatic heterocycles. The van der Waals surface area contributed by atoms with Gasteiger partial charge in [-0.15, -0.1) is 12.4 Å². The van der Waals surface area contributed by atoms with E-state index >= 15 is 0 Å². The minimum atomic E-state index is 0. The lowest BCUT2D eigenvalue weighted by Gasteiger charge is -2.31. The van der Waals surface area contributed by atoms with Crippen LogP contribution < -0.4 is 5.32 Å². The van der Waals surface area contributed by atoms with Crippen molar-refractivity contribution in [1.29, 1.82) is 0 Å². The zero-order valence-electron chi connectivity index (χ0n) is 13.0. The van der Waals surface area contributed by atoms with Crippen molar-refractivity contribution >= 4 is 23.4 Å². The molecule has 0 radical (unpaired) electrons. The van der Waals surface area contributed by atoms with E-state index in [0.717, 1.165) is 29.8 Å². The molecule has 22 heavy (non-hydrogen) atoms. The van der Waals surface area contributed by atoms with Crippen LogP contribution in [0, 0.1) is 5.92 Å². The Kier molecular flexibility index (Phi) is 5.07. The van der Waals surface area contributed by atoms with Gasteiger partial charge in [0.1, 0.15) is 11.3 Å². The molecular formula is C18H25ClN2O. The lowest BCUT2D eigenvalue weighted by atomic mass is 10.0. The van der Waals surface area contributed by atoms with E-state index in [1.807, 2.05) is 12.1 Å². The van der Waals surface area contributed by atoms with Gasteiger partial charge in [0.25, 0.3) is 0 Å². The summed E-state index contributed by atoms with van der Waals surface area (Å²) in [5, 5.41) is 4.96. The van der Waals surface area contributed by atoms with Gasteiger partial charge < -0.3 is 9.73 Å². The zero-order valence-corrected chi connectivity index (χ0v) is 13.8. The second-order valence-corrected chi connectivity index (χ2v) is 6.65. The number of fused-ring (bicyclic) bond motifs is 1. The van der Waals surface area contributed by atoms with Crippen molar-refractivity contribution in [1.82, 2.24) is 10.2 Å². The summed E-state index contributed by atoms with van der Waals surface area (Å²) in [6, 6.07) is 11.2. The van der Waals surface area contributed by atoms with Crippen LogP contribution in [0.15, 0.2) is 34.7 Å². The zero-order chi connectivity index (χ0) is 14.1. The number of para-hydroxylation sites is 1. The van der Waals surface area contributed by atoms with Crippen molar-refractivity contribution in [2.24, 2.45) is 5.92 Å². The molecule has 1 aliphatic heterocycles. The molecule has 2 aromatic rings. The molecule has 1 aromatic carbocycles. The smallest absolute Gasteiger partial charge is 0.134 e. The number of furan rings is 1. The third-order valence-corrected chi connectivity index (χ3v) is 4.84. The standard InChI is InChI=1S/C18H24N2O.ClH/c1-2-4-18-15(3-1)11-17(21-18)13-20-9-7-16(8-10-20)19-12-14-5-6-14;/h1-4,11,14,16,19H,5-10,12-13H2;1H. The van der Waals surface area contributed by atoms with E-state index in [2.05, 4.69) is 28.4 Å². The van der Waals surface area contributed by atoms with Crippen LogP contribution in [0.25, 0.3) is 11.0 Å². The van der Waals surface area contributed by atoms with Gasteiger partial charge >= 0.3 is 0 Å². The maximum atomic E-state index is 5.93. The molecule has 4 rings (SSSR count). The quantitative estimate of drug-likeness (QED) is 0.908. The number of likely N-dealkylation sites (tertiary alicyclic amines) is 1. The number of nitrogens with zero attached hydrogens (tertiary/aromatic N) is 1. The largest absolute Gasteiger partial charge is 0.460 e. The van der Waals surface area contributed by atoms with Crippen LogP contribution in [-0.2, 0) is 6.54 Å². The highest BCUT2D eigenvalue weighted by atomic mass is 35.5. The first-order valence-corrected chi connectivity index (χ1v) is 8.30. The minimum Gasteiger partial charge on any atom is -0.460 e. The summed E-state index contributed by atoms with van der Waals surface area (Å²) in [5.41, 5.74) is 1.01. The van der Waals surface area contributed by atoms with Gasteiger partial charge in [0.15, 0.2) is 0 Å². The van der Waals surface area contributed by atoms with Gasteiger partial charge in [-0.25, -0.2) is 0 Å². The lowest BCUT2D eigenvalue weighted by Crippen LogP contribution is -2.42. The summed E-state index contributed by atoms with van der Waals surface area (Å²) in [4.78, 5) is 2.52. The first-order chi connectivity index (χ1) is 10.4. The molecule has 2 fully saturated rings. The Labute approximate surface area is 138 Å². The molecule has 1 saturated carbocycles. The molecule has 1 aliphatic carbocycles. The number of hydrogen-bond acceptors (Lipinski definition) is 3. The summed E-state index contributed by atoms with van der Waals surface area (Å²) in [6.07, 6.45) is 5.43. The Morgan fingerprint density at radius 1 is 1.09 bits per heavy atom. The first kappa shape index (κ1) is 15.9. The molecular weight excluding hydrogens is 296 g/mol. The number of nitrogens with one attached hydrogen (secondary N) is 1. The van der Waals surface area contributed by atoms with E-state index in [4.69, 9.17) is 4.42 Å². The molecule has 1 saturated heterocycles. The molecule has 0 unspecified atom stereocenters. The van der Waals surface area contributed by atoms with Crippen molar-refractivity contribution in [3.8, 4) is 0 Å². The van der Waals surface area contributed by atoms with Crippen molar-refractivity contribution in [3.05, 3.63) is 36.1 Å². The molecule has 3 nitrogen and oxygen atoms in total. The van der Waals surface area contributed by atoms with Crippen molar-refractivity contribution < 1.29 is 4.42 Å². The van der Waals surface area contributed by atoms with Gasteiger partial charge in [0.2, 0.25) is 0 Å². The van der Waals surface area contributed by atoms with E-state index in [1.54, 1.807) is 0 Å². The van der Waals surface area contributed by atoms with Crippen molar-refractivity contribution in [2.75, 3.05) is 19.6 Å². The van der Waals surface area contributed by atoms with Crippen LogP contribution in [0.1, 0.15) is 31.4 Å². The van der Waals surface area contributed by atoms with Crippen molar-refractivity contribution in [3.63, 3.8) is 0 Å². The topological polar surface area (TPSA) is 28.4 Å². The van der Waals surface area contributed by atoms with Crippen LogP contribution >= 0.6 is 12.4 Å². The molecule has 2 aliphatic rings. The Morgan fingerprint density at radius 3 is 2.59 bits per heavy atom. The number of rotatable bonds is 5. The SMILES string of the molecule is Cl.c1ccc2oc(CN3CCC(NCC4CC4)CC3)cc2c1. The molecule has 2 heterocycles. The number of hydrogen-bond donors (Lipinski definition) is 1. The van der Waals surface area contributed by atoms with Crippen LogP contribution in [0.4, 0.5) is 0 Å². The summed E-state index contributed by atoms with van der Waals surface area (Å²) in [7, 11) is 0. The fraction of sp³-hybridized carbons (Fsp3) is 0.556. The summed E-state index contributed by atoms with van der Waals surface area (Å²) in [6.45, 7) is 4.55. The van der Waals surface area contributed by atoms with Gasteiger partial charge in [0, 0.05) is 24.5 Å². The summed E-state index contributed by atoms with van der Waals surface area (Å²) < 4.78 is 5.93. The number of piperidine rings is 1. The van der Waals surface area contributed by atoms with Gasteiger partial charge in [0.05, 0.1) is 6.54 Å². The fourth-order valence-corrected chi connectivity index (χ4v) is 3.29. The van der Waals surface area contributed by atoms with Gasteiger partial charge in [-0.2, -0.15) is 0 Å². The normalized spacial score (nSPS) is 20.2. The van der Waals surface area contributed by atoms with Crippen LogP contribution in [0.3, 0.4) is 0 Å².